The Balaban J connectivity index is 1.97. The quantitative estimate of drug-likeness (QED) is 0.588. The summed E-state index contributed by atoms with van der Waals surface area (Å²) in [4.78, 5) is 0. The molecule has 0 N–H and O–H groups in total. The molecule has 20 heavy (non-hydrogen) atoms. The highest BCUT2D eigenvalue weighted by molar-refractivity contribution is 5.89. The molecule has 1 unspecified atom stereocenters. The summed E-state index contributed by atoms with van der Waals surface area (Å²) in [5, 5.41) is 1.18. The molecule has 2 aromatic carbocycles. The van der Waals surface area contributed by atoms with Gasteiger partial charge in [-0.2, -0.15) is 0 Å². The molecular formula is C19H14O. The van der Waals surface area contributed by atoms with Crippen LogP contribution in [0.2, 0.25) is 0 Å². The van der Waals surface area contributed by atoms with Crippen molar-refractivity contribution in [2.75, 3.05) is 0 Å². The number of hydrogen-bond donors (Lipinski definition) is 0. The lowest BCUT2D eigenvalue weighted by atomic mass is 9.94. The van der Waals surface area contributed by atoms with Crippen LogP contribution >= 0.6 is 0 Å². The van der Waals surface area contributed by atoms with Gasteiger partial charge in [0.25, 0.3) is 0 Å². The minimum absolute atomic E-state index is 0.175. The molecule has 1 aliphatic carbocycles. The number of allylic oxidation sites excluding steroid dienone is 3. The van der Waals surface area contributed by atoms with E-state index < -0.39 is 0 Å². The molecule has 0 amide bonds. The minimum Gasteiger partial charge on any atom is -0.459 e. The van der Waals surface area contributed by atoms with E-state index >= 15 is 0 Å². The Hall–Kier alpha value is -2.54. The van der Waals surface area contributed by atoms with E-state index in [1.807, 2.05) is 18.2 Å². The molecule has 3 aromatic rings. The number of rotatable bonds is 1. The highest BCUT2D eigenvalue weighted by atomic mass is 16.3. The summed E-state index contributed by atoms with van der Waals surface area (Å²) in [6, 6.07) is 18.7. The zero-order valence-electron chi connectivity index (χ0n) is 11.0. The third kappa shape index (κ3) is 1.71. The normalized spacial score (nSPS) is 17.1. The lowest BCUT2D eigenvalue weighted by Gasteiger charge is -2.10. The Morgan fingerprint density at radius 3 is 2.50 bits per heavy atom. The first-order valence-corrected chi connectivity index (χ1v) is 6.85. The lowest BCUT2D eigenvalue weighted by Crippen LogP contribution is -1.96. The van der Waals surface area contributed by atoms with Crippen molar-refractivity contribution in [3.05, 3.63) is 89.7 Å². The van der Waals surface area contributed by atoms with E-state index in [2.05, 4.69) is 60.7 Å². The maximum absolute atomic E-state index is 6.14. The fourth-order valence-electron chi connectivity index (χ4n) is 2.82. The molecule has 1 nitrogen and oxygen atoms in total. The first-order valence-electron chi connectivity index (χ1n) is 6.85. The molecule has 0 fully saturated rings. The molecule has 1 aromatic heterocycles. The number of para-hydroxylation sites is 1. The van der Waals surface area contributed by atoms with Gasteiger partial charge in [0.1, 0.15) is 11.3 Å². The van der Waals surface area contributed by atoms with Gasteiger partial charge in [-0.15, -0.1) is 0 Å². The summed E-state index contributed by atoms with van der Waals surface area (Å²) in [7, 11) is 0. The average Bonchev–Trinajstić information content (AvgIpc) is 2.74. The molecule has 96 valence electrons. The van der Waals surface area contributed by atoms with E-state index in [9.17, 15) is 0 Å². The Labute approximate surface area is 117 Å². The molecule has 0 aliphatic heterocycles. The Bertz CT molecular complexity index is 806. The Morgan fingerprint density at radius 2 is 1.60 bits per heavy atom. The highest BCUT2D eigenvalue weighted by Gasteiger charge is 2.21. The van der Waals surface area contributed by atoms with E-state index in [4.69, 9.17) is 4.42 Å². The molecule has 0 saturated carbocycles. The number of hydrogen-bond acceptors (Lipinski definition) is 1. The van der Waals surface area contributed by atoms with Crippen molar-refractivity contribution in [3.63, 3.8) is 0 Å². The molecule has 0 radical (unpaired) electrons. The molecule has 0 spiro atoms. The van der Waals surface area contributed by atoms with E-state index in [1.54, 1.807) is 0 Å². The van der Waals surface area contributed by atoms with Crippen molar-refractivity contribution >= 4 is 17.0 Å². The zero-order valence-corrected chi connectivity index (χ0v) is 11.0. The van der Waals surface area contributed by atoms with Crippen LogP contribution in [0.4, 0.5) is 0 Å². The highest BCUT2D eigenvalue weighted by Crippen LogP contribution is 2.37. The summed E-state index contributed by atoms with van der Waals surface area (Å²) >= 11 is 0. The predicted octanol–water partition coefficient (Wildman–Crippen LogP) is 5.15. The summed E-state index contributed by atoms with van der Waals surface area (Å²) in [5.74, 6) is 1.20. The summed E-state index contributed by atoms with van der Waals surface area (Å²) in [6.45, 7) is 0. The minimum atomic E-state index is 0.175. The second-order valence-electron chi connectivity index (χ2n) is 5.01. The largest absolute Gasteiger partial charge is 0.459 e. The van der Waals surface area contributed by atoms with Gasteiger partial charge in [0, 0.05) is 10.9 Å². The zero-order chi connectivity index (χ0) is 13.4. The van der Waals surface area contributed by atoms with Gasteiger partial charge in [-0.1, -0.05) is 72.8 Å². The summed E-state index contributed by atoms with van der Waals surface area (Å²) < 4.78 is 6.14. The van der Waals surface area contributed by atoms with Gasteiger partial charge in [0.05, 0.1) is 5.92 Å². The molecule has 4 rings (SSSR count). The van der Waals surface area contributed by atoms with Crippen LogP contribution in [0.1, 0.15) is 22.8 Å². The molecule has 1 aliphatic rings. The van der Waals surface area contributed by atoms with Crippen LogP contribution in [-0.4, -0.2) is 0 Å². The van der Waals surface area contributed by atoms with Crippen LogP contribution in [0.3, 0.4) is 0 Å². The fraction of sp³-hybridized carbons (Fsp3) is 0.0526. The first kappa shape index (κ1) is 11.3. The third-order valence-electron chi connectivity index (χ3n) is 3.78. The molecule has 1 heterocycles. The fourth-order valence-corrected chi connectivity index (χ4v) is 2.82. The standard InChI is InChI=1S/C19H14O/c1-2-8-14(9-3-1)15-10-4-5-12-17-16-11-6-7-13-18(16)20-19(15)17/h1-13,15H. The van der Waals surface area contributed by atoms with Crippen LogP contribution in [-0.2, 0) is 0 Å². The van der Waals surface area contributed by atoms with Gasteiger partial charge < -0.3 is 4.42 Å². The third-order valence-corrected chi connectivity index (χ3v) is 3.78. The number of fused-ring (bicyclic) bond motifs is 3. The van der Waals surface area contributed by atoms with Gasteiger partial charge in [0.2, 0.25) is 0 Å². The van der Waals surface area contributed by atoms with Crippen molar-refractivity contribution in [3.8, 4) is 0 Å². The predicted molar refractivity (Wildman–Crippen MR) is 82.7 cm³/mol. The van der Waals surface area contributed by atoms with E-state index in [0.29, 0.717) is 0 Å². The topological polar surface area (TPSA) is 13.1 Å². The van der Waals surface area contributed by atoms with Crippen LogP contribution in [0.15, 0.2) is 77.2 Å². The number of furan rings is 1. The van der Waals surface area contributed by atoms with Crippen LogP contribution in [0.5, 0.6) is 0 Å². The number of benzene rings is 2. The second-order valence-corrected chi connectivity index (χ2v) is 5.01. The SMILES string of the molecule is C1=Cc2c(oc3ccccc23)C(c2ccccc2)C=C1. The lowest BCUT2D eigenvalue weighted by molar-refractivity contribution is 0.545. The van der Waals surface area contributed by atoms with E-state index in [0.717, 1.165) is 11.3 Å². The molecule has 0 saturated heterocycles. The summed E-state index contributed by atoms with van der Waals surface area (Å²) in [6.07, 6.45) is 8.52. The maximum atomic E-state index is 6.14. The smallest absolute Gasteiger partial charge is 0.134 e. The first-order chi connectivity index (χ1) is 9.93. The molecule has 0 bridgehead atoms. The van der Waals surface area contributed by atoms with Gasteiger partial charge in [-0.05, 0) is 11.6 Å². The summed E-state index contributed by atoms with van der Waals surface area (Å²) in [5.41, 5.74) is 3.41. The Kier molecular flexibility index (Phi) is 2.56. The average molecular weight is 258 g/mol. The monoisotopic (exact) mass is 258 g/mol. The van der Waals surface area contributed by atoms with Gasteiger partial charge in [-0.3, -0.25) is 0 Å². The Morgan fingerprint density at radius 1 is 0.800 bits per heavy atom. The van der Waals surface area contributed by atoms with E-state index in [-0.39, 0.29) is 5.92 Å². The van der Waals surface area contributed by atoms with Crippen LogP contribution in [0, 0.1) is 0 Å². The maximum Gasteiger partial charge on any atom is 0.134 e. The second kappa shape index (κ2) is 4.53. The van der Waals surface area contributed by atoms with Crippen molar-refractivity contribution in [1.29, 1.82) is 0 Å². The van der Waals surface area contributed by atoms with Crippen molar-refractivity contribution in [2.24, 2.45) is 0 Å². The van der Waals surface area contributed by atoms with Crippen molar-refractivity contribution in [2.45, 2.75) is 5.92 Å². The van der Waals surface area contributed by atoms with Gasteiger partial charge >= 0.3 is 0 Å². The molecular weight excluding hydrogens is 244 g/mol. The van der Waals surface area contributed by atoms with Gasteiger partial charge in [0.15, 0.2) is 0 Å². The molecule has 1 heteroatoms. The van der Waals surface area contributed by atoms with Crippen LogP contribution in [0.25, 0.3) is 17.0 Å². The van der Waals surface area contributed by atoms with Crippen molar-refractivity contribution in [1.82, 2.24) is 0 Å². The van der Waals surface area contributed by atoms with Gasteiger partial charge in [-0.25, -0.2) is 0 Å². The van der Waals surface area contributed by atoms with E-state index in [1.165, 1.54) is 16.5 Å². The van der Waals surface area contributed by atoms with Crippen LogP contribution < -0.4 is 0 Å². The van der Waals surface area contributed by atoms with Crippen molar-refractivity contribution < 1.29 is 4.42 Å². The molecule has 1 atom stereocenters.